The van der Waals surface area contributed by atoms with Gasteiger partial charge in [0.2, 0.25) is 11.8 Å². The van der Waals surface area contributed by atoms with Crippen LogP contribution in [0.4, 0.5) is 11.5 Å². The van der Waals surface area contributed by atoms with Gasteiger partial charge in [-0.05, 0) is 27.7 Å². The molecule has 1 saturated heterocycles. The van der Waals surface area contributed by atoms with E-state index in [9.17, 15) is 4.79 Å². The summed E-state index contributed by atoms with van der Waals surface area (Å²) in [6.07, 6.45) is 1.39. The molecular formula is C14H23N5O2. The molecule has 21 heavy (non-hydrogen) atoms. The van der Waals surface area contributed by atoms with Crippen LogP contribution in [0, 0.1) is 0 Å². The predicted octanol–water partition coefficient (Wildman–Crippen LogP) is 0.903. The van der Waals surface area contributed by atoms with E-state index in [2.05, 4.69) is 9.97 Å². The Morgan fingerprint density at radius 2 is 2.00 bits per heavy atom. The molecule has 0 bridgehead atoms. The Labute approximate surface area is 125 Å². The second kappa shape index (κ2) is 5.38. The molecule has 2 N–H and O–H groups in total. The summed E-state index contributed by atoms with van der Waals surface area (Å²) in [5, 5.41) is 0. The van der Waals surface area contributed by atoms with Crippen LogP contribution in [0.3, 0.4) is 0 Å². The van der Waals surface area contributed by atoms with Crippen LogP contribution in [-0.4, -0.2) is 52.6 Å². The van der Waals surface area contributed by atoms with Gasteiger partial charge in [0.25, 0.3) is 0 Å². The third kappa shape index (κ3) is 2.72. The lowest BCUT2D eigenvalue weighted by Gasteiger charge is -2.45. The van der Waals surface area contributed by atoms with Crippen molar-refractivity contribution in [3.05, 3.63) is 6.33 Å². The van der Waals surface area contributed by atoms with E-state index in [0.29, 0.717) is 30.5 Å². The number of nitrogen functional groups attached to an aromatic ring is 1. The highest BCUT2D eigenvalue weighted by Crippen LogP contribution is 2.34. The fraction of sp³-hybridized carbons (Fsp3) is 0.643. The van der Waals surface area contributed by atoms with Crippen LogP contribution < -0.4 is 15.4 Å². The first-order valence-corrected chi connectivity index (χ1v) is 7.05. The minimum Gasteiger partial charge on any atom is -0.473 e. The molecule has 0 atom stereocenters. The van der Waals surface area contributed by atoms with Gasteiger partial charge in [0.15, 0.2) is 5.82 Å². The van der Waals surface area contributed by atoms with Crippen LogP contribution in [0.15, 0.2) is 6.33 Å². The number of carbonyl (C=O) groups excluding carboxylic acids is 1. The molecule has 7 heteroatoms. The molecule has 1 aromatic rings. The molecule has 2 heterocycles. The Hall–Kier alpha value is -2.05. The molecule has 1 amide bonds. The van der Waals surface area contributed by atoms with Crippen LogP contribution in [-0.2, 0) is 4.79 Å². The maximum Gasteiger partial charge on any atom is 0.247 e. The average molecular weight is 293 g/mol. The number of ether oxygens (including phenoxy) is 1. The second-order valence-electron chi connectivity index (χ2n) is 6.02. The van der Waals surface area contributed by atoms with E-state index < -0.39 is 5.54 Å². The lowest BCUT2D eigenvalue weighted by Crippen LogP contribution is -2.62. The van der Waals surface area contributed by atoms with Gasteiger partial charge < -0.3 is 20.3 Å². The fourth-order valence-electron chi connectivity index (χ4n) is 2.49. The number of piperazine rings is 1. The molecule has 0 radical (unpaired) electrons. The van der Waals surface area contributed by atoms with E-state index in [1.807, 2.05) is 32.6 Å². The zero-order valence-electron chi connectivity index (χ0n) is 13.3. The molecule has 1 aliphatic rings. The van der Waals surface area contributed by atoms with E-state index in [1.165, 1.54) is 6.33 Å². The Morgan fingerprint density at radius 3 is 2.62 bits per heavy atom. The molecule has 116 valence electrons. The lowest BCUT2D eigenvalue weighted by molar-refractivity contribution is -0.136. The number of amides is 1. The third-order valence-corrected chi connectivity index (χ3v) is 3.63. The Kier molecular flexibility index (Phi) is 3.93. The fourth-order valence-corrected chi connectivity index (χ4v) is 2.49. The standard InChI is InChI=1S/C14H23N5O2/c1-9(2)21-12-10(15)11(16-8-17-12)19-7-6-18(5)13(20)14(19,3)4/h8-9H,6-7,15H2,1-5H3. The summed E-state index contributed by atoms with van der Waals surface area (Å²) in [6.45, 7) is 8.85. The number of carbonyl (C=O) groups is 1. The molecule has 1 aromatic heterocycles. The zero-order valence-corrected chi connectivity index (χ0v) is 13.3. The van der Waals surface area contributed by atoms with Crippen LogP contribution in [0.2, 0.25) is 0 Å². The van der Waals surface area contributed by atoms with Gasteiger partial charge in [0, 0.05) is 20.1 Å². The van der Waals surface area contributed by atoms with Crippen LogP contribution in [0.1, 0.15) is 27.7 Å². The van der Waals surface area contributed by atoms with E-state index in [0.717, 1.165) is 0 Å². The van der Waals surface area contributed by atoms with E-state index in [1.54, 1.807) is 11.9 Å². The minimum absolute atomic E-state index is 0.0304. The SMILES string of the molecule is CC(C)Oc1ncnc(N2CCN(C)C(=O)C2(C)C)c1N. The lowest BCUT2D eigenvalue weighted by atomic mass is 9.97. The van der Waals surface area contributed by atoms with Crippen molar-refractivity contribution in [2.75, 3.05) is 30.8 Å². The number of nitrogens with zero attached hydrogens (tertiary/aromatic N) is 4. The third-order valence-electron chi connectivity index (χ3n) is 3.63. The van der Waals surface area contributed by atoms with E-state index in [4.69, 9.17) is 10.5 Å². The van der Waals surface area contributed by atoms with Gasteiger partial charge in [-0.2, -0.15) is 4.98 Å². The molecule has 1 fully saturated rings. The first-order chi connectivity index (χ1) is 9.75. The highest BCUT2D eigenvalue weighted by atomic mass is 16.5. The number of aromatic nitrogens is 2. The molecule has 0 saturated carbocycles. The van der Waals surface area contributed by atoms with Gasteiger partial charge in [-0.25, -0.2) is 4.98 Å². The maximum absolute atomic E-state index is 12.4. The monoisotopic (exact) mass is 293 g/mol. The first-order valence-electron chi connectivity index (χ1n) is 7.05. The molecule has 7 nitrogen and oxygen atoms in total. The van der Waals surface area contributed by atoms with Crippen LogP contribution in [0.5, 0.6) is 5.88 Å². The topological polar surface area (TPSA) is 84.6 Å². The molecule has 0 aromatic carbocycles. The number of hydrogen-bond donors (Lipinski definition) is 1. The summed E-state index contributed by atoms with van der Waals surface area (Å²) >= 11 is 0. The number of likely N-dealkylation sites (N-methyl/N-ethyl adjacent to an activating group) is 1. The van der Waals surface area contributed by atoms with Crippen molar-refractivity contribution in [3.63, 3.8) is 0 Å². The summed E-state index contributed by atoms with van der Waals surface area (Å²) in [5.74, 6) is 0.947. The van der Waals surface area contributed by atoms with Gasteiger partial charge in [0.05, 0.1) is 6.10 Å². The number of anilines is 2. The normalized spacial score (nSPS) is 18.3. The number of hydrogen-bond acceptors (Lipinski definition) is 6. The second-order valence-corrected chi connectivity index (χ2v) is 6.02. The van der Waals surface area contributed by atoms with Crippen molar-refractivity contribution in [3.8, 4) is 5.88 Å². The maximum atomic E-state index is 12.4. The number of rotatable bonds is 3. The summed E-state index contributed by atoms with van der Waals surface area (Å²) < 4.78 is 5.59. The minimum atomic E-state index is -0.704. The van der Waals surface area contributed by atoms with Gasteiger partial charge in [-0.1, -0.05) is 0 Å². The van der Waals surface area contributed by atoms with E-state index >= 15 is 0 Å². The zero-order chi connectivity index (χ0) is 15.8. The summed E-state index contributed by atoms with van der Waals surface area (Å²) in [7, 11) is 1.80. The summed E-state index contributed by atoms with van der Waals surface area (Å²) in [4.78, 5) is 24.4. The molecule has 1 aliphatic heterocycles. The first kappa shape index (κ1) is 15.3. The summed E-state index contributed by atoms with van der Waals surface area (Å²) in [5.41, 5.74) is 5.82. The number of nitrogens with two attached hydrogens (primary N) is 1. The van der Waals surface area contributed by atoms with Gasteiger partial charge in [-0.15, -0.1) is 0 Å². The molecular weight excluding hydrogens is 270 g/mol. The summed E-state index contributed by atoms with van der Waals surface area (Å²) in [6, 6.07) is 0. The Bertz CT molecular complexity index is 544. The average Bonchev–Trinajstić information content (AvgIpc) is 2.39. The van der Waals surface area contributed by atoms with Crippen LogP contribution >= 0.6 is 0 Å². The van der Waals surface area contributed by atoms with Gasteiger partial charge in [-0.3, -0.25) is 4.79 Å². The van der Waals surface area contributed by atoms with Crippen molar-refractivity contribution >= 4 is 17.4 Å². The predicted molar refractivity (Wildman–Crippen MR) is 81.3 cm³/mol. The van der Waals surface area contributed by atoms with Crippen molar-refractivity contribution in [1.82, 2.24) is 14.9 Å². The Morgan fingerprint density at radius 1 is 1.33 bits per heavy atom. The molecule has 0 spiro atoms. The highest BCUT2D eigenvalue weighted by Gasteiger charge is 2.42. The Balaban J connectivity index is 2.40. The molecule has 0 aliphatic carbocycles. The quantitative estimate of drug-likeness (QED) is 0.891. The van der Waals surface area contributed by atoms with Crippen LogP contribution in [0.25, 0.3) is 0 Å². The van der Waals surface area contributed by atoms with Crippen molar-refractivity contribution in [1.29, 1.82) is 0 Å². The van der Waals surface area contributed by atoms with E-state index in [-0.39, 0.29) is 12.0 Å². The largest absolute Gasteiger partial charge is 0.473 e. The van der Waals surface area contributed by atoms with Gasteiger partial charge in [0.1, 0.15) is 17.6 Å². The van der Waals surface area contributed by atoms with Crippen molar-refractivity contribution < 1.29 is 9.53 Å². The van der Waals surface area contributed by atoms with Gasteiger partial charge >= 0.3 is 0 Å². The smallest absolute Gasteiger partial charge is 0.247 e. The van der Waals surface area contributed by atoms with Crippen molar-refractivity contribution in [2.24, 2.45) is 0 Å². The molecule has 0 unspecified atom stereocenters. The highest BCUT2D eigenvalue weighted by molar-refractivity contribution is 5.91. The van der Waals surface area contributed by atoms with Crippen molar-refractivity contribution in [2.45, 2.75) is 39.3 Å². The molecule has 2 rings (SSSR count).